The molecule has 0 radical (unpaired) electrons. The van der Waals surface area contributed by atoms with Crippen LogP contribution >= 0.6 is 0 Å². The maximum absolute atomic E-state index is 13.9. The zero-order valence-corrected chi connectivity index (χ0v) is 16.8. The highest BCUT2D eigenvalue weighted by Gasteiger charge is 2.44. The summed E-state index contributed by atoms with van der Waals surface area (Å²) in [5.74, 6) is -3.85. The fourth-order valence-electron chi connectivity index (χ4n) is 3.92. The fourth-order valence-corrected chi connectivity index (χ4v) is 3.92. The maximum atomic E-state index is 13.9. The number of methoxy groups -OCH3 is 1. The molecule has 0 spiro atoms. The highest BCUT2D eigenvalue weighted by molar-refractivity contribution is 6.00. The van der Waals surface area contributed by atoms with Crippen LogP contribution < -0.4 is 15.8 Å². The van der Waals surface area contributed by atoms with Crippen LogP contribution in [0.15, 0.2) is 23.0 Å². The molecule has 0 saturated carbocycles. The number of carbonyl (C=O) groups is 2. The van der Waals surface area contributed by atoms with Gasteiger partial charge in [0, 0.05) is 31.8 Å². The van der Waals surface area contributed by atoms with Crippen LogP contribution in [-0.4, -0.2) is 53.4 Å². The van der Waals surface area contributed by atoms with Crippen molar-refractivity contribution in [3.8, 4) is 5.75 Å². The largest absolute Gasteiger partial charge is 0.502 e. The Bertz CT molecular complexity index is 1150. The van der Waals surface area contributed by atoms with Gasteiger partial charge < -0.3 is 20.1 Å². The fraction of sp³-hybridized carbons (Fsp3) is 0.350. The van der Waals surface area contributed by atoms with Crippen molar-refractivity contribution in [1.29, 1.82) is 0 Å². The van der Waals surface area contributed by atoms with Gasteiger partial charge in [-0.3, -0.25) is 19.4 Å². The first-order valence-corrected chi connectivity index (χ1v) is 9.59. The van der Waals surface area contributed by atoms with E-state index in [1.54, 1.807) is 11.9 Å². The molecule has 1 atom stereocenters. The van der Waals surface area contributed by atoms with Gasteiger partial charge in [-0.2, -0.15) is 0 Å². The number of benzene rings is 1. The molecule has 4 rings (SSSR count). The summed E-state index contributed by atoms with van der Waals surface area (Å²) in [4.78, 5) is 40.0. The van der Waals surface area contributed by atoms with E-state index in [1.165, 1.54) is 22.8 Å². The summed E-state index contributed by atoms with van der Waals surface area (Å²) in [6, 6.07) is 2.91. The SMILES string of the molecule is CCN1CN2CC(OC)c3c(C(=O)NCc4ccc(F)cc4F)c(=O)c(O)c(n32)C1=O. The molecule has 11 heteroatoms. The van der Waals surface area contributed by atoms with Gasteiger partial charge in [0.1, 0.15) is 30.0 Å². The molecule has 2 aliphatic rings. The number of ether oxygens (including phenoxy) is 1. The molecule has 2 aromatic rings. The number of hydrogen-bond donors (Lipinski definition) is 2. The van der Waals surface area contributed by atoms with Gasteiger partial charge in [-0.15, -0.1) is 0 Å². The van der Waals surface area contributed by atoms with E-state index in [4.69, 9.17) is 4.74 Å². The topological polar surface area (TPSA) is 104 Å². The average molecular weight is 434 g/mol. The predicted molar refractivity (Wildman–Crippen MR) is 104 cm³/mol. The van der Waals surface area contributed by atoms with Crippen LogP contribution in [0.3, 0.4) is 0 Å². The lowest BCUT2D eigenvalue weighted by molar-refractivity contribution is 0.0698. The molecule has 2 aliphatic heterocycles. The average Bonchev–Trinajstić information content (AvgIpc) is 3.10. The molecule has 1 aromatic heterocycles. The van der Waals surface area contributed by atoms with Crippen LogP contribution in [0.1, 0.15) is 45.1 Å². The molecule has 164 valence electrons. The Morgan fingerprint density at radius 3 is 2.71 bits per heavy atom. The number of nitrogens with one attached hydrogen (secondary N) is 1. The molecule has 3 heterocycles. The van der Waals surface area contributed by atoms with Crippen molar-refractivity contribution < 1.29 is 28.2 Å². The van der Waals surface area contributed by atoms with Gasteiger partial charge in [0.2, 0.25) is 5.43 Å². The number of rotatable bonds is 5. The zero-order valence-electron chi connectivity index (χ0n) is 16.8. The first kappa shape index (κ1) is 20.8. The second kappa shape index (κ2) is 7.65. The summed E-state index contributed by atoms with van der Waals surface area (Å²) in [6.07, 6.45) is -0.708. The lowest BCUT2D eigenvalue weighted by Gasteiger charge is -2.36. The smallest absolute Gasteiger partial charge is 0.277 e. The molecule has 0 saturated heterocycles. The number of hydrogen-bond acceptors (Lipinski definition) is 6. The first-order chi connectivity index (χ1) is 14.8. The van der Waals surface area contributed by atoms with Gasteiger partial charge in [0.25, 0.3) is 11.8 Å². The summed E-state index contributed by atoms with van der Waals surface area (Å²) in [7, 11) is 1.41. The third-order valence-corrected chi connectivity index (χ3v) is 5.50. The summed E-state index contributed by atoms with van der Waals surface area (Å²) < 4.78 is 33.8. The minimum atomic E-state index is -1.02. The monoisotopic (exact) mass is 434 g/mol. The Morgan fingerprint density at radius 1 is 1.32 bits per heavy atom. The number of carbonyl (C=O) groups excluding carboxylic acids is 2. The van der Waals surface area contributed by atoms with Gasteiger partial charge in [0.15, 0.2) is 11.4 Å². The van der Waals surface area contributed by atoms with Crippen molar-refractivity contribution in [1.82, 2.24) is 14.9 Å². The number of amides is 2. The van der Waals surface area contributed by atoms with E-state index in [0.717, 1.165) is 6.07 Å². The molecule has 1 aromatic carbocycles. The summed E-state index contributed by atoms with van der Waals surface area (Å²) in [5.41, 5.74) is -1.48. The molecule has 31 heavy (non-hydrogen) atoms. The number of halogens is 2. The lowest BCUT2D eigenvalue weighted by Crippen LogP contribution is -2.52. The van der Waals surface area contributed by atoms with Crippen LogP contribution in [0.25, 0.3) is 0 Å². The standard InChI is InChI=1S/C20H20F2N4O5/c1-3-24-9-25-8-13(31-2)15-14(17(27)18(28)16(20(24)30)26(15)25)19(29)23-7-10-4-5-11(21)6-12(10)22/h4-6,13,28H,3,7-9H2,1-2H3,(H,23,29). The van der Waals surface area contributed by atoms with Crippen molar-refractivity contribution in [3.63, 3.8) is 0 Å². The summed E-state index contributed by atoms with van der Waals surface area (Å²) >= 11 is 0. The maximum Gasteiger partial charge on any atom is 0.277 e. The van der Waals surface area contributed by atoms with E-state index in [2.05, 4.69) is 5.32 Å². The van der Waals surface area contributed by atoms with E-state index in [9.17, 15) is 28.3 Å². The molecule has 9 nitrogen and oxygen atoms in total. The van der Waals surface area contributed by atoms with Gasteiger partial charge in [0.05, 0.1) is 12.2 Å². The number of aromatic hydroxyl groups is 1. The van der Waals surface area contributed by atoms with Crippen LogP contribution in [0.2, 0.25) is 0 Å². The van der Waals surface area contributed by atoms with Crippen LogP contribution in [0.4, 0.5) is 8.78 Å². The van der Waals surface area contributed by atoms with Gasteiger partial charge in [-0.25, -0.2) is 13.5 Å². The van der Waals surface area contributed by atoms with Gasteiger partial charge in [-0.1, -0.05) is 6.07 Å². The predicted octanol–water partition coefficient (Wildman–Crippen LogP) is 0.834. The minimum Gasteiger partial charge on any atom is -0.502 e. The van der Waals surface area contributed by atoms with Crippen LogP contribution in [0.5, 0.6) is 5.75 Å². The number of pyridine rings is 1. The molecular weight excluding hydrogens is 414 g/mol. The summed E-state index contributed by atoms with van der Waals surface area (Å²) in [5, 5.41) is 14.6. The summed E-state index contributed by atoms with van der Waals surface area (Å²) in [6.45, 7) is 2.27. The minimum absolute atomic E-state index is 0.0205. The molecule has 2 amide bonds. The highest BCUT2D eigenvalue weighted by Crippen LogP contribution is 2.34. The molecule has 0 aliphatic carbocycles. The van der Waals surface area contributed by atoms with E-state index in [-0.39, 0.29) is 36.7 Å². The van der Waals surface area contributed by atoms with Crippen LogP contribution in [0, 0.1) is 11.6 Å². The number of aromatic nitrogens is 1. The third-order valence-electron chi connectivity index (χ3n) is 5.50. The first-order valence-electron chi connectivity index (χ1n) is 9.59. The van der Waals surface area contributed by atoms with Crippen molar-refractivity contribution in [2.24, 2.45) is 0 Å². The normalized spacial score (nSPS) is 17.2. The van der Waals surface area contributed by atoms with Crippen molar-refractivity contribution >= 4 is 11.8 Å². The second-order valence-electron chi connectivity index (χ2n) is 7.23. The Labute approximate surface area is 175 Å². The molecule has 0 fully saturated rings. The van der Waals surface area contributed by atoms with E-state index in [0.29, 0.717) is 12.6 Å². The van der Waals surface area contributed by atoms with Crippen molar-refractivity contribution in [2.45, 2.75) is 19.6 Å². The Hall–Kier alpha value is -3.47. The van der Waals surface area contributed by atoms with Crippen LogP contribution in [-0.2, 0) is 11.3 Å². The van der Waals surface area contributed by atoms with Crippen molar-refractivity contribution in [3.05, 3.63) is 62.6 Å². The second-order valence-corrected chi connectivity index (χ2v) is 7.23. The Morgan fingerprint density at radius 2 is 2.06 bits per heavy atom. The molecule has 0 bridgehead atoms. The number of nitrogens with zero attached hydrogens (tertiary/aromatic N) is 3. The quantitative estimate of drug-likeness (QED) is 0.723. The Kier molecular flexibility index (Phi) is 5.13. The zero-order chi connectivity index (χ0) is 22.4. The van der Waals surface area contributed by atoms with E-state index in [1.807, 2.05) is 0 Å². The molecule has 1 unspecified atom stereocenters. The van der Waals surface area contributed by atoms with E-state index < -0.39 is 46.3 Å². The van der Waals surface area contributed by atoms with Gasteiger partial charge >= 0.3 is 0 Å². The van der Waals surface area contributed by atoms with Crippen molar-refractivity contribution in [2.75, 3.05) is 31.9 Å². The Balaban J connectivity index is 1.77. The van der Waals surface area contributed by atoms with Gasteiger partial charge in [-0.05, 0) is 13.0 Å². The molecular formula is C20H20F2N4O5. The molecule has 2 N–H and O–H groups in total. The highest BCUT2D eigenvalue weighted by atomic mass is 19.1. The lowest BCUT2D eigenvalue weighted by atomic mass is 10.1. The van der Waals surface area contributed by atoms with E-state index >= 15 is 0 Å². The third kappa shape index (κ3) is 3.21.